The molecule has 0 aromatic heterocycles. The standard InChI is InChI=1S/C14H21NO3/c16-12-11-13-15(14(12)17)9-7-5-3-1-2-4-6-8-10-18-13/h11H,1-10H2. The number of carbonyl (C=O) groups is 2. The molecule has 100 valence electrons. The van der Waals surface area contributed by atoms with E-state index in [0.29, 0.717) is 19.0 Å². The van der Waals surface area contributed by atoms with Gasteiger partial charge >= 0.3 is 5.91 Å². The van der Waals surface area contributed by atoms with Gasteiger partial charge in [0.25, 0.3) is 0 Å². The first kappa shape index (κ1) is 13.1. The highest BCUT2D eigenvalue weighted by Gasteiger charge is 2.31. The highest BCUT2D eigenvalue weighted by atomic mass is 16.5. The zero-order valence-electron chi connectivity index (χ0n) is 10.8. The summed E-state index contributed by atoms with van der Waals surface area (Å²) in [4.78, 5) is 24.5. The van der Waals surface area contributed by atoms with Crippen LogP contribution in [0, 0.1) is 0 Å². The molecular formula is C14H21NO3. The number of carbonyl (C=O) groups excluding carboxylic acids is 2. The fraction of sp³-hybridized carbons (Fsp3) is 0.714. The molecule has 2 rings (SSSR count). The third-order valence-corrected chi connectivity index (χ3v) is 3.50. The Kier molecular flexibility index (Phi) is 4.79. The van der Waals surface area contributed by atoms with Gasteiger partial charge in [-0.15, -0.1) is 0 Å². The average Bonchev–Trinajstić information content (AvgIpc) is 2.63. The van der Waals surface area contributed by atoms with E-state index in [0.717, 1.165) is 25.7 Å². The Bertz CT molecular complexity index is 349. The molecule has 4 nitrogen and oxygen atoms in total. The van der Waals surface area contributed by atoms with Crippen LogP contribution < -0.4 is 0 Å². The molecule has 1 fully saturated rings. The third-order valence-electron chi connectivity index (χ3n) is 3.50. The maximum Gasteiger partial charge on any atom is 0.301 e. The second kappa shape index (κ2) is 6.57. The van der Waals surface area contributed by atoms with E-state index in [4.69, 9.17) is 4.74 Å². The van der Waals surface area contributed by atoms with Crippen molar-refractivity contribution in [3.8, 4) is 0 Å². The molecule has 0 N–H and O–H groups in total. The van der Waals surface area contributed by atoms with E-state index in [1.54, 1.807) is 0 Å². The molecule has 18 heavy (non-hydrogen) atoms. The van der Waals surface area contributed by atoms with E-state index in [1.807, 2.05) is 0 Å². The van der Waals surface area contributed by atoms with Crippen molar-refractivity contribution in [2.24, 2.45) is 0 Å². The summed E-state index contributed by atoms with van der Waals surface area (Å²) < 4.78 is 5.57. The van der Waals surface area contributed by atoms with Crippen molar-refractivity contribution < 1.29 is 14.3 Å². The van der Waals surface area contributed by atoms with E-state index in [2.05, 4.69) is 0 Å². The number of fused-ring (bicyclic) bond motifs is 1. The summed E-state index contributed by atoms with van der Waals surface area (Å²) in [5.41, 5.74) is 0. The lowest BCUT2D eigenvalue weighted by Gasteiger charge is -2.19. The predicted molar refractivity (Wildman–Crippen MR) is 67.7 cm³/mol. The largest absolute Gasteiger partial charge is 0.479 e. The smallest absolute Gasteiger partial charge is 0.301 e. The summed E-state index contributed by atoms with van der Waals surface area (Å²) in [5.74, 6) is -0.416. The Morgan fingerprint density at radius 2 is 1.50 bits per heavy atom. The van der Waals surface area contributed by atoms with Crippen LogP contribution in [0.15, 0.2) is 12.0 Å². The monoisotopic (exact) mass is 251 g/mol. The zero-order valence-corrected chi connectivity index (χ0v) is 10.8. The first-order valence-electron chi connectivity index (χ1n) is 6.99. The van der Waals surface area contributed by atoms with Crippen LogP contribution in [0.1, 0.15) is 51.4 Å². The van der Waals surface area contributed by atoms with Crippen LogP contribution in [0.3, 0.4) is 0 Å². The highest BCUT2D eigenvalue weighted by molar-refractivity contribution is 6.43. The van der Waals surface area contributed by atoms with E-state index in [9.17, 15) is 9.59 Å². The van der Waals surface area contributed by atoms with Crippen molar-refractivity contribution in [2.45, 2.75) is 51.4 Å². The van der Waals surface area contributed by atoms with Crippen molar-refractivity contribution in [1.82, 2.24) is 4.90 Å². The Morgan fingerprint density at radius 1 is 0.889 bits per heavy atom. The molecule has 0 bridgehead atoms. The van der Waals surface area contributed by atoms with Gasteiger partial charge in [-0.1, -0.05) is 38.5 Å². The molecule has 2 aliphatic rings. The molecule has 0 unspecified atom stereocenters. The zero-order chi connectivity index (χ0) is 12.8. The second-order valence-electron chi connectivity index (χ2n) is 4.98. The van der Waals surface area contributed by atoms with Gasteiger partial charge in [-0.2, -0.15) is 0 Å². The average molecular weight is 251 g/mol. The van der Waals surface area contributed by atoms with Gasteiger partial charge in [0.15, 0.2) is 0 Å². The number of ether oxygens (including phenoxy) is 1. The van der Waals surface area contributed by atoms with Gasteiger partial charge in [0, 0.05) is 6.54 Å². The van der Waals surface area contributed by atoms with Crippen LogP contribution in [0.2, 0.25) is 0 Å². The van der Waals surface area contributed by atoms with Gasteiger partial charge in [0.2, 0.25) is 11.7 Å². The summed E-state index contributed by atoms with van der Waals surface area (Å²) in [6.07, 6.45) is 10.6. The summed E-state index contributed by atoms with van der Waals surface area (Å²) in [6, 6.07) is 0. The van der Waals surface area contributed by atoms with Crippen LogP contribution in [-0.4, -0.2) is 29.7 Å². The van der Waals surface area contributed by atoms with Crippen molar-refractivity contribution in [3.05, 3.63) is 12.0 Å². The van der Waals surface area contributed by atoms with Gasteiger partial charge in [-0.25, -0.2) is 0 Å². The number of ketones is 1. The molecule has 0 radical (unpaired) electrons. The van der Waals surface area contributed by atoms with Crippen molar-refractivity contribution in [3.63, 3.8) is 0 Å². The fourth-order valence-electron chi connectivity index (χ4n) is 2.43. The number of hydrogen-bond donors (Lipinski definition) is 0. The van der Waals surface area contributed by atoms with E-state index < -0.39 is 11.7 Å². The normalized spacial score (nSPS) is 23.3. The first-order valence-corrected chi connectivity index (χ1v) is 6.99. The topological polar surface area (TPSA) is 46.6 Å². The summed E-state index contributed by atoms with van der Waals surface area (Å²) in [6.45, 7) is 1.21. The minimum atomic E-state index is -0.447. The molecule has 1 amide bonds. The quantitative estimate of drug-likeness (QED) is 0.621. The van der Waals surface area contributed by atoms with Crippen LogP contribution in [0.4, 0.5) is 0 Å². The minimum Gasteiger partial charge on any atom is -0.479 e. The van der Waals surface area contributed by atoms with E-state index >= 15 is 0 Å². The molecule has 0 aromatic rings. The van der Waals surface area contributed by atoms with Crippen LogP contribution in [0.5, 0.6) is 0 Å². The lowest BCUT2D eigenvalue weighted by atomic mass is 10.1. The fourth-order valence-corrected chi connectivity index (χ4v) is 2.43. The van der Waals surface area contributed by atoms with Gasteiger partial charge in [-0.05, 0) is 12.8 Å². The molecule has 1 saturated heterocycles. The molecule has 0 aliphatic carbocycles. The minimum absolute atomic E-state index is 0.431. The van der Waals surface area contributed by atoms with Crippen molar-refractivity contribution >= 4 is 11.7 Å². The first-order chi connectivity index (χ1) is 8.79. The SMILES string of the molecule is O=C1C=C2OCCCCCCCCCCN2C1=O. The number of nitrogens with zero attached hydrogens (tertiary/aromatic N) is 1. The van der Waals surface area contributed by atoms with Gasteiger partial charge in [0.1, 0.15) is 0 Å². The third kappa shape index (κ3) is 3.34. The van der Waals surface area contributed by atoms with Crippen LogP contribution in [0.25, 0.3) is 0 Å². The molecule has 2 aliphatic heterocycles. The van der Waals surface area contributed by atoms with E-state index in [-0.39, 0.29) is 0 Å². The lowest BCUT2D eigenvalue weighted by molar-refractivity contribution is -0.140. The molecule has 4 heteroatoms. The Labute approximate surface area is 108 Å². The Balaban J connectivity index is 1.95. The molecule has 0 spiro atoms. The molecule has 0 saturated carbocycles. The molecular weight excluding hydrogens is 230 g/mol. The number of amides is 1. The lowest BCUT2D eigenvalue weighted by Crippen LogP contribution is -2.30. The number of rotatable bonds is 0. The van der Waals surface area contributed by atoms with Crippen molar-refractivity contribution in [1.29, 1.82) is 0 Å². The molecule has 0 aromatic carbocycles. The van der Waals surface area contributed by atoms with Crippen LogP contribution in [-0.2, 0) is 14.3 Å². The second-order valence-corrected chi connectivity index (χ2v) is 4.98. The van der Waals surface area contributed by atoms with Gasteiger partial charge in [-0.3, -0.25) is 14.5 Å². The summed E-state index contributed by atoms with van der Waals surface area (Å²) in [7, 11) is 0. The summed E-state index contributed by atoms with van der Waals surface area (Å²) >= 11 is 0. The highest BCUT2D eigenvalue weighted by Crippen LogP contribution is 2.19. The maximum absolute atomic E-state index is 11.7. The van der Waals surface area contributed by atoms with Crippen LogP contribution >= 0.6 is 0 Å². The molecule has 0 atom stereocenters. The number of hydrogen-bond acceptors (Lipinski definition) is 3. The van der Waals surface area contributed by atoms with Crippen molar-refractivity contribution in [2.75, 3.05) is 13.2 Å². The molecule has 2 heterocycles. The summed E-state index contributed by atoms with van der Waals surface area (Å²) in [5, 5.41) is 0. The van der Waals surface area contributed by atoms with Gasteiger partial charge < -0.3 is 4.74 Å². The Morgan fingerprint density at radius 3 is 2.22 bits per heavy atom. The maximum atomic E-state index is 11.7. The van der Waals surface area contributed by atoms with Gasteiger partial charge in [0.05, 0.1) is 12.7 Å². The van der Waals surface area contributed by atoms with E-state index in [1.165, 1.54) is 36.7 Å². The Hall–Kier alpha value is -1.32. The predicted octanol–water partition coefficient (Wildman–Crippen LogP) is 2.39.